The van der Waals surface area contributed by atoms with E-state index >= 15 is 0 Å². The third-order valence-corrected chi connectivity index (χ3v) is 4.80. The van der Waals surface area contributed by atoms with E-state index in [1.807, 2.05) is 32.9 Å². The van der Waals surface area contributed by atoms with E-state index in [0.29, 0.717) is 5.82 Å². The minimum atomic E-state index is -0.557. The van der Waals surface area contributed by atoms with Crippen molar-refractivity contribution < 1.29 is 14.3 Å². The molecule has 0 bridgehead atoms. The van der Waals surface area contributed by atoms with Crippen molar-refractivity contribution in [3.8, 4) is 10.6 Å². The second-order valence-electron chi connectivity index (χ2n) is 7.04. The van der Waals surface area contributed by atoms with E-state index in [9.17, 15) is 4.79 Å². The highest BCUT2D eigenvalue weighted by Crippen LogP contribution is 2.32. The van der Waals surface area contributed by atoms with E-state index in [1.54, 1.807) is 23.7 Å². The van der Waals surface area contributed by atoms with Crippen LogP contribution in [0.4, 0.5) is 10.6 Å². The molecule has 1 fully saturated rings. The molecule has 0 radical (unpaired) electrons. The van der Waals surface area contributed by atoms with Crippen molar-refractivity contribution in [3.63, 3.8) is 0 Å². The largest absolute Gasteiger partial charge is 0.444 e. The quantitative estimate of drug-likeness (QED) is 0.881. The van der Waals surface area contributed by atoms with Crippen LogP contribution < -0.4 is 5.32 Å². The van der Waals surface area contributed by atoms with Gasteiger partial charge in [0, 0.05) is 37.6 Å². The summed E-state index contributed by atoms with van der Waals surface area (Å²) in [7, 11) is 0. The smallest absolute Gasteiger partial charge is 0.413 e. The first-order valence-corrected chi connectivity index (χ1v) is 9.42. The van der Waals surface area contributed by atoms with Gasteiger partial charge < -0.3 is 9.47 Å². The van der Waals surface area contributed by atoms with Crippen LogP contribution in [0.5, 0.6) is 0 Å². The summed E-state index contributed by atoms with van der Waals surface area (Å²) in [5.74, 6) is 0.558. The van der Waals surface area contributed by atoms with E-state index in [-0.39, 0.29) is 0 Å². The van der Waals surface area contributed by atoms with Gasteiger partial charge in [0.05, 0.1) is 18.1 Å². The topological polar surface area (TPSA) is 76.6 Å². The zero-order valence-corrected chi connectivity index (χ0v) is 16.1. The number of aromatic nitrogens is 2. The maximum atomic E-state index is 12.2. The van der Waals surface area contributed by atoms with Gasteiger partial charge in [-0.1, -0.05) is 0 Å². The SMILES string of the molecule is CC(C)(C)OC(=O)Nc1nc(-c2ccncc2)sc1CN1CCOCC1. The monoisotopic (exact) mass is 376 g/mol. The number of rotatable bonds is 4. The normalized spacial score (nSPS) is 15.7. The minimum Gasteiger partial charge on any atom is -0.444 e. The Kier molecular flexibility index (Phi) is 5.85. The summed E-state index contributed by atoms with van der Waals surface area (Å²) in [5, 5.41) is 3.66. The summed E-state index contributed by atoms with van der Waals surface area (Å²) in [4.78, 5) is 24.2. The Bertz CT molecular complexity index is 737. The van der Waals surface area contributed by atoms with Gasteiger partial charge in [-0.05, 0) is 32.9 Å². The highest BCUT2D eigenvalue weighted by molar-refractivity contribution is 7.15. The minimum absolute atomic E-state index is 0.493. The first-order valence-electron chi connectivity index (χ1n) is 8.61. The molecule has 0 saturated carbocycles. The van der Waals surface area contributed by atoms with Crippen molar-refractivity contribution in [3.05, 3.63) is 29.4 Å². The van der Waals surface area contributed by atoms with Gasteiger partial charge in [0.15, 0.2) is 5.82 Å². The van der Waals surface area contributed by atoms with Crippen molar-refractivity contribution in [1.29, 1.82) is 0 Å². The molecule has 0 spiro atoms. The van der Waals surface area contributed by atoms with Crippen LogP contribution in [0.1, 0.15) is 25.6 Å². The van der Waals surface area contributed by atoms with Crippen molar-refractivity contribution in [2.45, 2.75) is 32.9 Å². The second-order valence-corrected chi connectivity index (χ2v) is 8.13. The fraction of sp³-hybridized carbons (Fsp3) is 0.500. The van der Waals surface area contributed by atoms with Crippen molar-refractivity contribution in [2.24, 2.45) is 0 Å². The summed E-state index contributed by atoms with van der Waals surface area (Å²) in [5.41, 5.74) is 0.420. The predicted octanol–water partition coefficient (Wildman–Crippen LogP) is 3.38. The molecular formula is C18H24N4O3S. The molecule has 8 heteroatoms. The number of morpholine rings is 1. The predicted molar refractivity (Wildman–Crippen MR) is 101 cm³/mol. The molecule has 3 heterocycles. The third kappa shape index (κ3) is 5.23. The van der Waals surface area contributed by atoms with Gasteiger partial charge in [0.1, 0.15) is 10.6 Å². The highest BCUT2D eigenvalue weighted by Gasteiger charge is 2.22. The van der Waals surface area contributed by atoms with Gasteiger partial charge >= 0.3 is 6.09 Å². The molecule has 1 aliphatic heterocycles. The first-order chi connectivity index (χ1) is 12.4. The van der Waals surface area contributed by atoms with Gasteiger partial charge in [-0.15, -0.1) is 11.3 Å². The Morgan fingerprint density at radius 2 is 2.00 bits per heavy atom. The number of carbonyl (C=O) groups is 1. The first kappa shape index (κ1) is 18.8. The van der Waals surface area contributed by atoms with E-state index in [2.05, 4.69) is 20.2 Å². The molecule has 0 unspecified atom stereocenters. The Labute approximate surface area is 157 Å². The van der Waals surface area contributed by atoms with Crippen LogP contribution in [0, 0.1) is 0 Å². The number of thiazole rings is 1. The van der Waals surface area contributed by atoms with Crippen molar-refractivity contribution in [1.82, 2.24) is 14.9 Å². The summed E-state index contributed by atoms with van der Waals surface area (Å²) < 4.78 is 10.8. The number of amides is 1. The summed E-state index contributed by atoms with van der Waals surface area (Å²) in [6.07, 6.45) is 2.98. The Balaban J connectivity index is 1.82. The molecule has 140 valence electrons. The number of ether oxygens (including phenoxy) is 2. The molecule has 2 aromatic rings. The van der Waals surface area contributed by atoms with Gasteiger partial charge in [0.2, 0.25) is 0 Å². The molecule has 3 rings (SSSR count). The molecule has 7 nitrogen and oxygen atoms in total. The Morgan fingerprint density at radius 3 is 2.65 bits per heavy atom. The lowest BCUT2D eigenvalue weighted by atomic mass is 10.2. The van der Waals surface area contributed by atoms with Gasteiger partial charge in [-0.25, -0.2) is 9.78 Å². The van der Waals surface area contributed by atoms with E-state index in [4.69, 9.17) is 9.47 Å². The van der Waals surface area contributed by atoms with Crippen LogP contribution in [0.3, 0.4) is 0 Å². The van der Waals surface area contributed by atoms with Crippen molar-refractivity contribution in [2.75, 3.05) is 31.6 Å². The second kappa shape index (κ2) is 8.11. The van der Waals surface area contributed by atoms with Gasteiger partial charge in [-0.3, -0.25) is 15.2 Å². The van der Waals surface area contributed by atoms with Crippen LogP contribution in [-0.2, 0) is 16.0 Å². The van der Waals surface area contributed by atoms with Crippen molar-refractivity contribution >= 4 is 23.2 Å². The number of anilines is 1. The Hall–Kier alpha value is -2.03. The molecule has 26 heavy (non-hydrogen) atoms. The average molecular weight is 376 g/mol. The van der Waals surface area contributed by atoms with Gasteiger partial charge in [-0.2, -0.15) is 0 Å². The molecule has 1 N–H and O–H groups in total. The fourth-order valence-electron chi connectivity index (χ4n) is 2.54. The van der Waals surface area contributed by atoms with Crippen LogP contribution in [0.15, 0.2) is 24.5 Å². The van der Waals surface area contributed by atoms with Gasteiger partial charge in [0.25, 0.3) is 0 Å². The molecule has 0 aliphatic carbocycles. The average Bonchev–Trinajstić information content (AvgIpc) is 2.97. The fourth-order valence-corrected chi connectivity index (χ4v) is 3.60. The lowest BCUT2D eigenvalue weighted by Crippen LogP contribution is -2.35. The summed E-state index contributed by atoms with van der Waals surface area (Å²) in [6.45, 7) is 9.43. The number of hydrogen-bond acceptors (Lipinski definition) is 7. The molecule has 1 saturated heterocycles. The number of carbonyl (C=O) groups excluding carboxylic acids is 1. The molecule has 1 amide bonds. The lowest BCUT2D eigenvalue weighted by molar-refractivity contribution is 0.0346. The highest BCUT2D eigenvalue weighted by atomic mass is 32.1. The molecule has 1 aliphatic rings. The number of hydrogen-bond donors (Lipinski definition) is 1. The zero-order valence-electron chi connectivity index (χ0n) is 15.3. The van der Waals surface area contributed by atoms with E-state index < -0.39 is 11.7 Å². The third-order valence-electron chi connectivity index (χ3n) is 3.71. The Morgan fingerprint density at radius 1 is 1.31 bits per heavy atom. The maximum Gasteiger partial charge on any atom is 0.413 e. The van der Waals surface area contributed by atoms with Crippen LogP contribution in [-0.4, -0.2) is 52.9 Å². The van der Waals surface area contributed by atoms with E-state index in [0.717, 1.165) is 48.3 Å². The van der Waals surface area contributed by atoms with Crippen LogP contribution in [0.25, 0.3) is 10.6 Å². The molecular weight excluding hydrogens is 352 g/mol. The number of nitrogens with one attached hydrogen (secondary N) is 1. The lowest BCUT2D eigenvalue weighted by Gasteiger charge is -2.26. The summed E-state index contributed by atoms with van der Waals surface area (Å²) >= 11 is 1.57. The molecule has 2 aromatic heterocycles. The maximum absolute atomic E-state index is 12.2. The van der Waals surface area contributed by atoms with E-state index in [1.165, 1.54) is 0 Å². The summed E-state index contributed by atoms with van der Waals surface area (Å²) in [6, 6.07) is 3.82. The number of nitrogens with zero attached hydrogens (tertiary/aromatic N) is 3. The van der Waals surface area contributed by atoms with Crippen LogP contribution in [0.2, 0.25) is 0 Å². The molecule has 0 aromatic carbocycles. The zero-order chi connectivity index (χ0) is 18.6. The standard InChI is InChI=1S/C18H24N4O3S/c1-18(2,3)25-17(23)21-15-14(12-22-8-10-24-11-9-22)26-16(20-15)13-4-6-19-7-5-13/h4-7H,8-12H2,1-3H3,(H,21,23). The molecule has 0 atom stereocenters. The van der Waals surface area contributed by atoms with Crippen LogP contribution >= 0.6 is 11.3 Å². The number of pyridine rings is 1.